The number of carbonyl (C=O) groups excluding carboxylic acids is 2. The third-order valence-electron chi connectivity index (χ3n) is 5.05. The molecule has 0 saturated heterocycles. The molecule has 0 spiro atoms. The van der Waals surface area contributed by atoms with E-state index < -0.39 is 17.9 Å². The maximum atomic E-state index is 12.5. The predicted molar refractivity (Wildman–Crippen MR) is 132 cm³/mol. The first-order valence-corrected chi connectivity index (χ1v) is 10.7. The lowest BCUT2D eigenvalue weighted by molar-refractivity contribution is -0.139. The second-order valence-corrected chi connectivity index (χ2v) is 7.91. The van der Waals surface area contributed by atoms with Crippen LogP contribution in [0.25, 0.3) is 0 Å². The van der Waals surface area contributed by atoms with Gasteiger partial charge in [-0.15, -0.1) is 0 Å². The number of carboxylic acids is 1. The van der Waals surface area contributed by atoms with Crippen molar-refractivity contribution in [1.29, 1.82) is 0 Å². The Morgan fingerprint density at radius 1 is 1.24 bits per heavy atom. The lowest BCUT2D eigenvalue weighted by Gasteiger charge is -2.20. The predicted octanol–water partition coefficient (Wildman–Crippen LogP) is 2.62. The summed E-state index contributed by atoms with van der Waals surface area (Å²) in [6, 6.07) is 5.56. The summed E-state index contributed by atoms with van der Waals surface area (Å²) in [4.78, 5) is 49.9. The zero-order valence-corrected chi connectivity index (χ0v) is 19.8. The number of hydrogen-bond donors (Lipinski definition) is 3. The number of aliphatic carboxylic acids is 1. The molecule has 1 unspecified atom stereocenters. The second kappa shape index (κ2) is 11.7. The number of amides is 1. The number of anilines is 2. The van der Waals surface area contributed by atoms with E-state index in [4.69, 9.17) is 5.73 Å². The Kier molecular flexibility index (Phi) is 9.00. The molecular formula is C24H30N6O4. The monoisotopic (exact) mass is 466 g/mol. The fourth-order valence-electron chi connectivity index (χ4n) is 3.21. The molecule has 180 valence electrons. The van der Waals surface area contributed by atoms with Gasteiger partial charge in [0.05, 0.1) is 18.0 Å². The van der Waals surface area contributed by atoms with Gasteiger partial charge in [0.25, 0.3) is 5.91 Å². The largest absolute Gasteiger partial charge is 0.480 e. The average Bonchev–Trinajstić information content (AvgIpc) is 2.77. The molecule has 0 aliphatic carbocycles. The molecule has 10 heteroatoms. The van der Waals surface area contributed by atoms with Crippen LogP contribution in [0.2, 0.25) is 0 Å². The van der Waals surface area contributed by atoms with E-state index in [-0.39, 0.29) is 18.6 Å². The average molecular weight is 467 g/mol. The smallest absolute Gasteiger partial charge is 0.326 e. The Bertz CT molecular complexity index is 1090. The Labute approximate surface area is 198 Å². The summed E-state index contributed by atoms with van der Waals surface area (Å²) in [6.45, 7) is 9.19. The number of carbonyl (C=O) groups is 3. The van der Waals surface area contributed by atoms with Crippen molar-refractivity contribution >= 4 is 40.6 Å². The lowest BCUT2D eigenvalue weighted by Crippen LogP contribution is -2.41. The lowest BCUT2D eigenvalue weighted by atomic mass is 10.1. The number of hydrogen-bond acceptors (Lipinski definition) is 8. The highest BCUT2D eigenvalue weighted by Crippen LogP contribution is 2.24. The highest BCUT2D eigenvalue weighted by molar-refractivity contribution is 6.00. The highest BCUT2D eigenvalue weighted by Gasteiger charge is 2.21. The Morgan fingerprint density at radius 3 is 2.41 bits per heavy atom. The molecule has 1 aromatic carbocycles. The molecule has 1 amide bonds. The SMILES string of the molecule is C=CC(CN(C)c1ccc(C(=O)NC(CCC(C)=O)C(=O)O)cc1)=Nc1c(C)nc(C)nc1N. The van der Waals surface area contributed by atoms with Gasteiger partial charge >= 0.3 is 5.97 Å². The maximum absolute atomic E-state index is 12.5. The molecule has 0 radical (unpaired) electrons. The first-order valence-electron chi connectivity index (χ1n) is 10.7. The van der Waals surface area contributed by atoms with Gasteiger partial charge in [0, 0.05) is 24.7 Å². The molecular weight excluding hydrogens is 436 g/mol. The number of nitrogens with zero attached hydrogens (tertiary/aromatic N) is 4. The van der Waals surface area contributed by atoms with Gasteiger partial charge in [0.1, 0.15) is 23.3 Å². The van der Waals surface area contributed by atoms with Crippen LogP contribution in [0.4, 0.5) is 17.2 Å². The number of Topliss-reactive ketones (excluding diaryl/α,β-unsaturated/α-hetero) is 1. The summed E-state index contributed by atoms with van der Waals surface area (Å²) in [6.07, 6.45) is 1.75. The molecule has 2 rings (SSSR count). The van der Waals surface area contributed by atoms with Crippen molar-refractivity contribution in [2.75, 3.05) is 24.2 Å². The van der Waals surface area contributed by atoms with Crippen molar-refractivity contribution in [2.24, 2.45) is 4.99 Å². The van der Waals surface area contributed by atoms with Gasteiger partial charge in [-0.1, -0.05) is 6.58 Å². The summed E-state index contributed by atoms with van der Waals surface area (Å²) >= 11 is 0. The van der Waals surface area contributed by atoms with Gasteiger partial charge in [-0.3, -0.25) is 4.79 Å². The van der Waals surface area contributed by atoms with E-state index in [0.29, 0.717) is 40.8 Å². The molecule has 1 aromatic heterocycles. The van der Waals surface area contributed by atoms with Gasteiger partial charge in [-0.25, -0.2) is 19.8 Å². The first kappa shape index (κ1) is 26.2. The van der Waals surface area contributed by atoms with Crippen molar-refractivity contribution in [2.45, 2.75) is 39.7 Å². The van der Waals surface area contributed by atoms with E-state index in [1.54, 1.807) is 37.3 Å². The quantitative estimate of drug-likeness (QED) is 0.428. The molecule has 2 aromatic rings. The number of benzene rings is 1. The van der Waals surface area contributed by atoms with E-state index >= 15 is 0 Å². The molecule has 0 saturated carbocycles. The maximum Gasteiger partial charge on any atom is 0.326 e. The molecule has 10 nitrogen and oxygen atoms in total. The van der Waals surface area contributed by atoms with Crippen LogP contribution in [-0.2, 0) is 9.59 Å². The number of nitrogen functional groups attached to an aromatic ring is 1. The summed E-state index contributed by atoms with van der Waals surface area (Å²) < 4.78 is 0. The molecule has 4 N–H and O–H groups in total. The fourth-order valence-corrected chi connectivity index (χ4v) is 3.21. The van der Waals surface area contributed by atoms with Gasteiger partial charge in [0.2, 0.25) is 0 Å². The molecule has 0 aliphatic rings. The van der Waals surface area contributed by atoms with E-state index in [2.05, 4.69) is 26.9 Å². The van der Waals surface area contributed by atoms with Crippen molar-refractivity contribution in [3.05, 3.63) is 54.0 Å². The topological polar surface area (TPSA) is 151 Å². The minimum absolute atomic E-state index is 0.0386. The number of aryl methyl sites for hydroxylation is 2. The van der Waals surface area contributed by atoms with E-state index in [0.717, 1.165) is 5.69 Å². The number of rotatable bonds is 11. The zero-order valence-electron chi connectivity index (χ0n) is 19.8. The normalized spacial score (nSPS) is 12.1. The van der Waals surface area contributed by atoms with Gasteiger partial charge in [-0.05, 0) is 57.5 Å². The number of ketones is 1. The van der Waals surface area contributed by atoms with E-state index in [1.807, 2.05) is 18.9 Å². The first-order chi connectivity index (χ1) is 16.0. The standard InChI is InChI=1S/C24H30N6O4/c1-6-18(28-21-15(3)26-16(4)27-22(21)25)13-30(5)19-10-8-17(9-11-19)23(32)29-20(24(33)34)12-7-14(2)31/h6,8-11,20H,1,7,12-13H2,2-5H3,(H,29,32)(H,33,34)(H2,25,26,27). The van der Waals surface area contributed by atoms with Crippen LogP contribution in [0.15, 0.2) is 41.9 Å². The Morgan fingerprint density at radius 2 is 1.88 bits per heavy atom. The number of carboxylic acid groups (broad SMARTS) is 1. The molecule has 0 fully saturated rings. The van der Waals surface area contributed by atoms with Gasteiger partial charge in [-0.2, -0.15) is 0 Å². The van der Waals surface area contributed by atoms with E-state index in [9.17, 15) is 19.5 Å². The third-order valence-corrected chi connectivity index (χ3v) is 5.05. The van der Waals surface area contributed by atoms with Crippen molar-refractivity contribution in [3.63, 3.8) is 0 Å². The molecule has 1 atom stereocenters. The van der Waals surface area contributed by atoms with Crippen LogP contribution in [0.1, 0.15) is 41.6 Å². The minimum Gasteiger partial charge on any atom is -0.480 e. The van der Waals surface area contributed by atoms with Crippen LogP contribution >= 0.6 is 0 Å². The summed E-state index contributed by atoms with van der Waals surface area (Å²) in [5.41, 5.74) is 8.94. The molecule has 1 heterocycles. The van der Waals surface area contributed by atoms with E-state index in [1.165, 1.54) is 6.92 Å². The molecule has 0 aliphatic heterocycles. The third kappa shape index (κ3) is 7.22. The Balaban J connectivity index is 2.11. The molecule has 0 bridgehead atoms. The summed E-state index contributed by atoms with van der Waals surface area (Å²) in [5, 5.41) is 11.8. The minimum atomic E-state index is -1.18. The van der Waals surface area contributed by atoms with Gasteiger partial charge in [0.15, 0.2) is 5.82 Å². The molecule has 34 heavy (non-hydrogen) atoms. The van der Waals surface area contributed by atoms with Gasteiger partial charge < -0.3 is 25.9 Å². The number of nitrogens with one attached hydrogen (secondary N) is 1. The zero-order chi connectivity index (χ0) is 25.4. The van der Waals surface area contributed by atoms with Crippen LogP contribution in [-0.4, -0.2) is 58.1 Å². The highest BCUT2D eigenvalue weighted by atomic mass is 16.4. The summed E-state index contributed by atoms with van der Waals surface area (Å²) in [7, 11) is 1.86. The van der Waals surface area contributed by atoms with Crippen LogP contribution in [0.5, 0.6) is 0 Å². The Hall–Kier alpha value is -4.08. The summed E-state index contributed by atoms with van der Waals surface area (Å²) in [5.74, 6) is -0.974. The number of aromatic nitrogens is 2. The van der Waals surface area contributed by atoms with Crippen molar-refractivity contribution in [1.82, 2.24) is 15.3 Å². The number of nitrogens with two attached hydrogens (primary N) is 1. The van der Waals surface area contributed by atoms with Crippen LogP contribution < -0.4 is 16.0 Å². The van der Waals surface area contributed by atoms with Crippen molar-refractivity contribution in [3.8, 4) is 0 Å². The second-order valence-electron chi connectivity index (χ2n) is 7.91. The fraction of sp³-hybridized carbons (Fsp3) is 0.333. The van der Waals surface area contributed by atoms with Crippen LogP contribution in [0, 0.1) is 13.8 Å². The number of aliphatic imine (C=N–C) groups is 1. The van der Waals surface area contributed by atoms with Crippen LogP contribution in [0.3, 0.4) is 0 Å². The van der Waals surface area contributed by atoms with Crippen molar-refractivity contribution < 1.29 is 19.5 Å².